The molecule has 28 heavy (non-hydrogen) atoms. The van der Waals surface area contributed by atoms with Crippen LogP contribution in [0.25, 0.3) is 21.9 Å². The van der Waals surface area contributed by atoms with Crippen molar-refractivity contribution in [3.05, 3.63) is 29.6 Å². The van der Waals surface area contributed by atoms with E-state index in [1.165, 1.54) is 24.8 Å². The van der Waals surface area contributed by atoms with E-state index in [1.807, 2.05) is 0 Å². The predicted molar refractivity (Wildman–Crippen MR) is 118 cm³/mol. The first-order valence-electron chi connectivity index (χ1n) is 10.4. The van der Waals surface area contributed by atoms with Crippen molar-refractivity contribution in [2.75, 3.05) is 18.8 Å². The Morgan fingerprint density at radius 2 is 1.93 bits per heavy atom. The van der Waals surface area contributed by atoms with Crippen molar-refractivity contribution in [3.8, 4) is 0 Å². The number of rotatable bonds is 9. The van der Waals surface area contributed by atoms with Crippen molar-refractivity contribution in [3.63, 3.8) is 0 Å². The summed E-state index contributed by atoms with van der Waals surface area (Å²) in [5, 5.41) is 7.93. The van der Waals surface area contributed by atoms with E-state index < -0.39 is 0 Å². The molecule has 0 aliphatic heterocycles. The number of benzene rings is 1. The zero-order valence-corrected chi connectivity index (χ0v) is 17.7. The summed E-state index contributed by atoms with van der Waals surface area (Å²) in [6.45, 7) is 11.4. The summed E-state index contributed by atoms with van der Waals surface area (Å²) in [4.78, 5) is 12.7. The summed E-state index contributed by atoms with van der Waals surface area (Å²) in [6.07, 6.45) is 4.70. The van der Waals surface area contributed by atoms with Crippen LogP contribution in [0.4, 0.5) is 5.82 Å². The normalized spacial score (nSPS) is 12.3. The van der Waals surface area contributed by atoms with Crippen molar-refractivity contribution >= 4 is 27.8 Å². The van der Waals surface area contributed by atoms with Gasteiger partial charge in [-0.3, -0.25) is 0 Å². The quantitative estimate of drug-likeness (QED) is 0.421. The van der Waals surface area contributed by atoms with E-state index in [0.29, 0.717) is 12.4 Å². The van der Waals surface area contributed by atoms with E-state index in [4.69, 9.17) is 10.7 Å². The van der Waals surface area contributed by atoms with Crippen LogP contribution in [0.3, 0.4) is 0 Å². The number of H-pyrrole nitrogens is 1. The van der Waals surface area contributed by atoms with Crippen LogP contribution in [-0.4, -0.2) is 33.6 Å². The van der Waals surface area contributed by atoms with Crippen LogP contribution >= 0.6 is 0 Å². The van der Waals surface area contributed by atoms with Gasteiger partial charge in [-0.2, -0.15) is 0 Å². The minimum Gasteiger partial charge on any atom is -0.382 e. The van der Waals surface area contributed by atoms with Crippen molar-refractivity contribution in [2.24, 2.45) is 0 Å². The number of hydrogen-bond donors (Lipinski definition) is 4. The van der Waals surface area contributed by atoms with Gasteiger partial charge in [-0.25, -0.2) is 9.97 Å². The first kappa shape index (κ1) is 20.6. The highest BCUT2D eigenvalue weighted by Gasteiger charge is 2.12. The van der Waals surface area contributed by atoms with Gasteiger partial charge in [0.2, 0.25) is 0 Å². The Morgan fingerprint density at radius 3 is 2.68 bits per heavy atom. The number of aryl methyl sites for hydroxylation is 1. The molecule has 152 valence electrons. The molecule has 1 aromatic carbocycles. The van der Waals surface area contributed by atoms with Gasteiger partial charge in [-0.15, -0.1) is 0 Å². The summed E-state index contributed by atoms with van der Waals surface area (Å²) in [5.41, 5.74) is 10.4. The van der Waals surface area contributed by atoms with Crippen molar-refractivity contribution < 1.29 is 0 Å². The third kappa shape index (κ3) is 5.20. The van der Waals surface area contributed by atoms with Crippen LogP contribution in [0, 0.1) is 0 Å². The third-order valence-electron chi connectivity index (χ3n) is 4.91. The van der Waals surface area contributed by atoms with Gasteiger partial charge in [0.25, 0.3) is 0 Å². The SMILES string of the molecule is CCNCc1nc2c([nH]1)c(N)nc1ccc(CCCCCNC(C)(C)C)cc12. The maximum atomic E-state index is 6.15. The first-order valence-corrected chi connectivity index (χ1v) is 10.4. The molecule has 0 spiro atoms. The van der Waals surface area contributed by atoms with Gasteiger partial charge in [-0.1, -0.05) is 19.4 Å². The van der Waals surface area contributed by atoms with E-state index in [0.717, 1.165) is 47.3 Å². The lowest BCUT2D eigenvalue weighted by molar-refractivity contribution is 0.417. The highest BCUT2D eigenvalue weighted by molar-refractivity contribution is 6.06. The van der Waals surface area contributed by atoms with Crippen molar-refractivity contribution in [1.29, 1.82) is 0 Å². The lowest BCUT2D eigenvalue weighted by Crippen LogP contribution is -2.36. The standard InChI is InChI=1S/C22H34N6/c1-5-24-14-18-27-19-16-13-15(9-7-6-8-12-25-22(2,3)4)10-11-17(16)26-21(23)20(19)28-18/h10-11,13,24-25H,5-9,12,14H2,1-4H3,(H2,23,26)(H,27,28). The van der Waals surface area contributed by atoms with Gasteiger partial charge in [0.1, 0.15) is 22.7 Å². The molecule has 0 aliphatic carbocycles. The van der Waals surface area contributed by atoms with Crippen LogP contribution in [0.1, 0.15) is 58.3 Å². The minimum atomic E-state index is 0.202. The molecule has 0 fully saturated rings. The fraction of sp³-hybridized carbons (Fsp3) is 0.545. The molecule has 6 heteroatoms. The second-order valence-electron chi connectivity index (χ2n) is 8.52. The van der Waals surface area contributed by atoms with Crippen LogP contribution in [-0.2, 0) is 13.0 Å². The van der Waals surface area contributed by atoms with Crippen LogP contribution in [0.2, 0.25) is 0 Å². The highest BCUT2D eigenvalue weighted by Crippen LogP contribution is 2.27. The Hall–Kier alpha value is -2.18. The molecule has 3 aromatic rings. The zero-order chi connectivity index (χ0) is 20.1. The topological polar surface area (TPSA) is 91.7 Å². The van der Waals surface area contributed by atoms with E-state index in [-0.39, 0.29) is 5.54 Å². The molecule has 5 N–H and O–H groups in total. The average molecular weight is 383 g/mol. The Kier molecular flexibility index (Phi) is 6.52. The Balaban J connectivity index is 1.70. The number of anilines is 1. The monoisotopic (exact) mass is 382 g/mol. The largest absolute Gasteiger partial charge is 0.382 e. The number of nitrogens with zero attached hydrogens (tertiary/aromatic N) is 2. The second kappa shape index (κ2) is 8.88. The molecule has 6 nitrogen and oxygen atoms in total. The molecule has 0 amide bonds. The number of nitrogens with one attached hydrogen (secondary N) is 3. The van der Waals surface area contributed by atoms with Gasteiger partial charge in [0.05, 0.1) is 12.1 Å². The van der Waals surface area contributed by atoms with E-state index in [1.54, 1.807) is 0 Å². The molecule has 0 saturated heterocycles. The lowest BCUT2D eigenvalue weighted by Gasteiger charge is -2.20. The molecule has 0 atom stereocenters. The molecular weight excluding hydrogens is 348 g/mol. The summed E-state index contributed by atoms with van der Waals surface area (Å²) in [5.74, 6) is 1.41. The van der Waals surface area contributed by atoms with Gasteiger partial charge < -0.3 is 21.4 Å². The molecule has 2 heterocycles. The molecule has 0 radical (unpaired) electrons. The number of nitrogen functional groups attached to an aromatic ring is 1. The molecule has 0 aliphatic rings. The van der Waals surface area contributed by atoms with Gasteiger partial charge in [0, 0.05) is 10.9 Å². The minimum absolute atomic E-state index is 0.202. The Morgan fingerprint density at radius 1 is 1.11 bits per heavy atom. The molecule has 2 aromatic heterocycles. The predicted octanol–water partition coefficient (Wildman–Crippen LogP) is 3.90. The maximum Gasteiger partial charge on any atom is 0.150 e. The van der Waals surface area contributed by atoms with E-state index in [9.17, 15) is 0 Å². The lowest BCUT2D eigenvalue weighted by atomic mass is 10.0. The van der Waals surface area contributed by atoms with Crippen molar-refractivity contribution in [1.82, 2.24) is 25.6 Å². The second-order valence-corrected chi connectivity index (χ2v) is 8.52. The fourth-order valence-corrected chi connectivity index (χ4v) is 3.44. The van der Waals surface area contributed by atoms with E-state index >= 15 is 0 Å². The Bertz CT molecular complexity index is 922. The van der Waals surface area contributed by atoms with Gasteiger partial charge >= 0.3 is 0 Å². The summed E-state index contributed by atoms with van der Waals surface area (Å²) in [7, 11) is 0. The highest BCUT2D eigenvalue weighted by atomic mass is 15.0. The molecule has 0 saturated carbocycles. The smallest absolute Gasteiger partial charge is 0.150 e. The zero-order valence-electron chi connectivity index (χ0n) is 17.7. The molecular formula is C22H34N6. The maximum absolute atomic E-state index is 6.15. The fourth-order valence-electron chi connectivity index (χ4n) is 3.44. The molecule has 3 rings (SSSR count). The summed E-state index contributed by atoms with van der Waals surface area (Å²) < 4.78 is 0. The molecule has 0 unspecified atom stereocenters. The number of imidazole rings is 1. The number of aromatic nitrogens is 3. The van der Waals surface area contributed by atoms with Crippen LogP contribution in [0.5, 0.6) is 0 Å². The number of pyridine rings is 1. The average Bonchev–Trinajstić information content (AvgIpc) is 3.07. The summed E-state index contributed by atoms with van der Waals surface area (Å²) in [6, 6.07) is 6.47. The molecule has 0 bridgehead atoms. The number of unbranched alkanes of at least 4 members (excludes halogenated alkanes) is 2. The Labute approximate surface area is 167 Å². The number of aromatic amines is 1. The number of fused-ring (bicyclic) bond motifs is 3. The van der Waals surface area contributed by atoms with Crippen LogP contribution in [0.15, 0.2) is 18.2 Å². The van der Waals surface area contributed by atoms with Gasteiger partial charge in [0.15, 0.2) is 0 Å². The van der Waals surface area contributed by atoms with Gasteiger partial charge in [-0.05, 0) is 70.8 Å². The summed E-state index contributed by atoms with van der Waals surface area (Å²) >= 11 is 0. The van der Waals surface area contributed by atoms with E-state index in [2.05, 4.69) is 66.5 Å². The number of hydrogen-bond acceptors (Lipinski definition) is 5. The van der Waals surface area contributed by atoms with Crippen LogP contribution < -0.4 is 16.4 Å². The first-order chi connectivity index (χ1) is 13.4. The third-order valence-corrected chi connectivity index (χ3v) is 4.91. The van der Waals surface area contributed by atoms with Crippen molar-refractivity contribution in [2.45, 2.75) is 65.5 Å². The number of nitrogens with two attached hydrogens (primary N) is 1.